The van der Waals surface area contributed by atoms with E-state index in [1.54, 1.807) is 17.1 Å². The van der Waals surface area contributed by atoms with Gasteiger partial charge < -0.3 is 9.15 Å². The fourth-order valence-electron chi connectivity index (χ4n) is 2.14. The second-order valence-electron chi connectivity index (χ2n) is 5.30. The van der Waals surface area contributed by atoms with Crippen LogP contribution in [0.15, 0.2) is 59.3 Å². The molecule has 0 atom stereocenters. The van der Waals surface area contributed by atoms with Gasteiger partial charge in [-0.3, -0.25) is 9.88 Å². The van der Waals surface area contributed by atoms with Gasteiger partial charge in [0, 0.05) is 18.9 Å². The molecular formula is C17H18N4O2S. The predicted octanol–water partition coefficient (Wildman–Crippen LogP) is 3.24. The third-order valence-corrected chi connectivity index (χ3v) is 3.67. The normalized spacial score (nSPS) is 10.9. The van der Waals surface area contributed by atoms with Gasteiger partial charge in [0.05, 0.1) is 12.2 Å². The number of likely N-dealkylation sites (N-methyl/N-ethyl adjacent to an activating group) is 1. The van der Waals surface area contributed by atoms with Gasteiger partial charge in [0.2, 0.25) is 5.89 Å². The molecule has 0 radical (unpaired) electrons. The first-order chi connectivity index (χ1) is 11.7. The van der Waals surface area contributed by atoms with Crippen LogP contribution in [0.2, 0.25) is 0 Å². The van der Waals surface area contributed by atoms with Crippen LogP contribution in [0.1, 0.15) is 0 Å². The minimum Gasteiger partial charge on any atom is -0.492 e. The van der Waals surface area contributed by atoms with Gasteiger partial charge in [0.25, 0.3) is 4.84 Å². The lowest BCUT2D eigenvalue weighted by atomic mass is 10.3. The van der Waals surface area contributed by atoms with E-state index >= 15 is 0 Å². The fraction of sp³-hybridized carbons (Fsp3) is 0.235. The van der Waals surface area contributed by atoms with E-state index < -0.39 is 0 Å². The van der Waals surface area contributed by atoms with Crippen LogP contribution in [0.5, 0.6) is 5.75 Å². The standard InChI is InChI=1S/C17H18N4O2S/c1-20(10-11-22-15-7-3-2-4-8-15)13-21-17(24)23-16(19-21)14-6-5-9-18-12-14/h2-9,12H,10-11,13H2,1H3. The lowest BCUT2D eigenvalue weighted by Gasteiger charge is -2.16. The Balaban J connectivity index is 1.56. The van der Waals surface area contributed by atoms with Crippen molar-refractivity contribution in [3.63, 3.8) is 0 Å². The summed E-state index contributed by atoms with van der Waals surface area (Å²) in [5.74, 6) is 1.34. The summed E-state index contributed by atoms with van der Waals surface area (Å²) >= 11 is 5.24. The minimum atomic E-state index is 0.338. The maximum atomic E-state index is 5.69. The van der Waals surface area contributed by atoms with Gasteiger partial charge in [-0.15, -0.1) is 5.10 Å². The van der Waals surface area contributed by atoms with E-state index in [1.807, 2.05) is 49.5 Å². The van der Waals surface area contributed by atoms with Crippen molar-refractivity contribution in [2.45, 2.75) is 6.67 Å². The van der Waals surface area contributed by atoms with E-state index in [1.165, 1.54) is 0 Å². The molecule has 0 saturated carbocycles. The van der Waals surface area contributed by atoms with E-state index in [9.17, 15) is 0 Å². The Morgan fingerprint density at radius 3 is 2.79 bits per heavy atom. The molecule has 0 bridgehead atoms. The molecule has 0 fully saturated rings. The van der Waals surface area contributed by atoms with Crippen molar-refractivity contribution < 1.29 is 9.15 Å². The number of rotatable bonds is 7. The van der Waals surface area contributed by atoms with Crippen LogP contribution in [-0.2, 0) is 6.67 Å². The number of hydrogen-bond donors (Lipinski definition) is 0. The zero-order valence-corrected chi connectivity index (χ0v) is 14.1. The summed E-state index contributed by atoms with van der Waals surface area (Å²) in [5, 5.41) is 4.41. The van der Waals surface area contributed by atoms with Gasteiger partial charge in [-0.05, 0) is 43.5 Å². The Morgan fingerprint density at radius 1 is 1.21 bits per heavy atom. The number of aromatic nitrogens is 3. The molecule has 0 saturated heterocycles. The number of benzene rings is 1. The first-order valence-corrected chi connectivity index (χ1v) is 7.98. The summed E-state index contributed by atoms with van der Waals surface area (Å²) in [6, 6.07) is 13.5. The van der Waals surface area contributed by atoms with Crippen molar-refractivity contribution >= 4 is 12.2 Å². The van der Waals surface area contributed by atoms with Crippen LogP contribution in [0.3, 0.4) is 0 Å². The number of nitrogens with zero attached hydrogens (tertiary/aromatic N) is 4. The highest BCUT2D eigenvalue weighted by molar-refractivity contribution is 7.71. The lowest BCUT2D eigenvalue weighted by Crippen LogP contribution is -2.27. The molecule has 0 aliphatic rings. The van der Waals surface area contributed by atoms with E-state index in [2.05, 4.69) is 15.0 Å². The Kier molecular flexibility index (Phi) is 5.35. The average molecular weight is 342 g/mol. The Hall–Kier alpha value is -2.51. The van der Waals surface area contributed by atoms with Crippen molar-refractivity contribution in [1.29, 1.82) is 0 Å². The van der Waals surface area contributed by atoms with E-state index in [-0.39, 0.29) is 0 Å². The van der Waals surface area contributed by atoms with Gasteiger partial charge in [-0.2, -0.15) is 0 Å². The molecule has 0 aliphatic carbocycles. The zero-order chi connectivity index (χ0) is 16.8. The van der Waals surface area contributed by atoms with Crippen molar-refractivity contribution in [1.82, 2.24) is 19.7 Å². The molecular weight excluding hydrogens is 324 g/mol. The summed E-state index contributed by atoms with van der Waals surface area (Å²) in [5.41, 5.74) is 0.803. The molecule has 2 heterocycles. The topological polar surface area (TPSA) is 56.3 Å². The Labute approximate surface area is 145 Å². The smallest absolute Gasteiger partial charge is 0.288 e. The molecule has 0 unspecified atom stereocenters. The highest BCUT2D eigenvalue weighted by Crippen LogP contribution is 2.16. The van der Waals surface area contributed by atoms with Crippen LogP contribution in [0, 0.1) is 4.84 Å². The molecule has 2 aromatic heterocycles. The fourth-order valence-corrected chi connectivity index (χ4v) is 2.31. The van der Waals surface area contributed by atoms with Crippen molar-refractivity contribution in [2.75, 3.05) is 20.2 Å². The van der Waals surface area contributed by atoms with Gasteiger partial charge in [0.1, 0.15) is 12.4 Å². The predicted molar refractivity (Wildman–Crippen MR) is 93.1 cm³/mol. The highest BCUT2D eigenvalue weighted by atomic mass is 32.1. The molecule has 24 heavy (non-hydrogen) atoms. The molecule has 0 aliphatic heterocycles. The molecule has 124 valence electrons. The van der Waals surface area contributed by atoms with E-state index in [0.29, 0.717) is 24.0 Å². The third kappa shape index (κ3) is 4.27. The van der Waals surface area contributed by atoms with Crippen molar-refractivity contribution in [3.05, 3.63) is 59.7 Å². The number of pyridine rings is 1. The van der Waals surface area contributed by atoms with Crippen molar-refractivity contribution in [2.24, 2.45) is 0 Å². The molecule has 3 rings (SSSR count). The van der Waals surface area contributed by atoms with E-state index in [4.69, 9.17) is 21.4 Å². The number of hydrogen-bond acceptors (Lipinski definition) is 6. The van der Waals surface area contributed by atoms with Crippen LogP contribution in [-0.4, -0.2) is 39.9 Å². The molecule has 3 aromatic rings. The van der Waals surface area contributed by atoms with Gasteiger partial charge >= 0.3 is 0 Å². The number of ether oxygens (including phenoxy) is 1. The summed E-state index contributed by atoms with van der Waals surface area (Å²) in [7, 11) is 1.98. The van der Waals surface area contributed by atoms with Gasteiger partial charge in [-0.25, -0.2) is 4.68 Å². The molecule has 0 amide bonds. The summed E-state index contributed by atoms with van der Waals surface area (Å²) < 4.78 is 12.9. The first kappa shape index (κ1) is 16.4. The molecule has 6 nitrogen and oxygen atoms in total. The van der Waals surface area contributed by atoms with Crippen LogP contribution >= 0.6 is 12.2 Å². The largest absolute Gasteiger partial charge is 0.492 e. The first-order valence-electron chi connectivity index (χ1n) is 7.57. The summed E-state index contributed by atoms with van der Waals surface area (Å²) in [6.07, 6.45) is 3.40. The monoisotopic (exact) mass is 342 g/mol. The van der Waals surface area contributed by atoms with Crippen molar-refractivity contribution in [3.8, 4) is 17.2 Å². The van der Waals surface area contributed by atoms with Gasteiger partial charge in [-0.1, -0.05) is 18.2 Å². The minimum absolute atomic E-state index is 0.338. The average Bonchev–Trinajstić information content (AvgIpc) is 2.97. The number of para-hydroxylation sites is 1. The molecule has 0 N–H and O–H groups in total. The second-order valence-corrected chi connectivity index (χ2v) is 5.65. The maximum Gasteiger partial charge on any atom is 0.288 e. The Morgan fingerprint density at radius 2 is 2.04 bits per heavy atom. The summed E-state index contributed by atoms with van der Waals surface area (Å²) in [6.45, 7) is 1.85. The highest BCUT2D eigenvalue weighted by Gasteiger charge is 2.10. The van der Waals surface area contributed by atoms with Gasteiger partial charge in [0.15, 0.2) is 0 Å². The SMILES string of the molecule is CN(CCOc1ccccc1)Cn1nc(-c2cccnc2)oc1=S. The third-order valence-electron chi connectivity index (χ3n) is 3.38. The second kappa shape index (κ2) is 7.85. The van der Waals surface area contributed by atoms with Crippen LogP contribution in [0.4, 0.5) is 0 Å². The molecule has 0 spiro atoms. The summed E-state index contributed by atoms with van der Waals surface area (Å²) in [4.78, 5) is 6.46. The molecule has 7 heteroatoms. The quantitative estimate of drug-likeness (QED) is 0.615. The van der Waals surface area contributed by atoms with Crippen LogP contribution < -0.4 is 4.74 Å². The maximum absolute atomic E-state index is 5.69. The Bertz CT molecular complexity index is 817. The van der Waals surface area contributed by atoms with Crippen LogP contribution in [0.25, 0.3) is 11.5 Å². The van der Waals surface area contributed by atoms with E-state index in [0.717, 1.165) is 17.9 Å². The lowest BCUT2D eigenvalue weighted by molar-refractivity contribution is 0.196. The molecule has 1 aromatic carbocycles. The zero-order valence-electron chi connectivity index (χ0n) is 13.3.